The van der Waals surface area contributed by atoms with Gasteiger partial charge in [0, 0.05) is 6.07 Å². The molecular weight excluding hydrogens is 252 g/mol. The van der Waals surface area contributed by atoms with Crippen LogP contribution in [-0.4, -0.2) is 26.8 Å². The summed E-state index contributed by atoms with van der Waals surface area (Å²) in [5.74, 6) is -1.26. The standard InChI is InChI=1S/C12H15F2N5/c1-3-6-15-8(2)12-16-17-18-19(12)9-4-5-10(13)11(14)7-9/h4-5,7-8,15H,3,6H2,1-2H3. The summed E-state index contributed by atoms with van der Waals surface area (Å²) < 4.78 is 27.6. The van der Waals surface area contributed by atoms with Gasteiger partial charge in [-0.2, -0.15) is 4.68 Å². The highest BCUT2D eigenvalue weighted by Gasteiger charge is 2.16. The summed E-state index contributed by atoms with van der Waals surface area (Å²) in [5.41, 5.74) is 0.393. The highest BCUT2D eigenvalue weighted by atomic mass is 19.2. The number of benzene rings is 1. The minimum Gasteiger partial charge on any atom is -0.307 e. The fourth-order valence-electron chi connectivity index (χ4n) is 1.72. The molecule has 5 nitrogen and oxygen atoms in total. The second-order valence-corrected chi connectivity index (χ2v) is 4.22. The zero-order valence-corrected chi connectivity index (χ0v) is 10.8. The molecule has 7 heteroatoms. The molecule has 1 atom stereocenters. The molecule has 2 rings (SSSR count). The Morgan fingerprint density at radius 3 is 2.79 bits per heavy atom. The third-order valence-corrected chi connectivity index (χ3v) is 2.73. The van der Waals surface area contributed by atoms with Crippen molar-refractivity contribution in [3.63, 3.8) is 0 Å². The number of nitrogens with one attached hydrogen (secondary N) is 1. The maximum absolute atomic E-state index is 13.2. The largest absolute Gasteiger partial charge is 0.307 e. The third-order valence-electron chi connectivity index (χ3n) is 2.73. The lowest BCUT2D eigenvalue weighted by Crippen LogP contribution is -2.22. The van der Waals surface area contributed by atoms with Crippen LogP contribution >= 0.6 is 0 Å². The summed E-state index contributed by atoms with van der Waals surface area (Å²) in [6.07, 6.45) is 0.983. The minimum atomic E-state index is -0.923. The second kappa shape index (κ2) is 5.83. The third kappa shape index (κ3) is 2.93. The first-order valence-corrected chi connectivity index (χ1v) is 6.10. The molecule has 19 heavy (non-hydrogen) atoms. The van der Waals surface area contributed by atoms with Gasteiger partial charge in [0.25, 0.3) is 0 Å². The fraction of sp³-hybridized carbons (Fsp3) is 0.417. The molecule has 0 spiro atoms. The molecule has 0 saturated heterocycles. The van der Waals surface area contributed by atoms with Gasteiger partial charge in [-0.05, 0) is 42.4 Å². The number of halogens is 2. The van der Waals surface area contributed by atoms with Gasteiger partial charge in [-0.25, -0.2) is 8.78 Å². The van der Waals surface area contributed by atoms with E-state index >= 15 is 0 Å². The summed E-state index contributed by atoms with van der Waals surface area (Å²) in [5, 5.41) is 14.6. The summed E-state index contributed by atoms with van der Waals surface area (Å²) >= 11 is 0. The van der Waals surface area contributed by atoms with Crippen LogP contribution in [-0.2, 0) is 0 Å². The van der Waals surface area contributed by atoms with Crippen molar-refractivity contribution < 1.29 is 8.78 Å². The Morgan fingerprint density at radius 2 is 2.11 bits per heavy atom. The molecule has 2 aromatic rings. The summed E-state index contributed by atoms with van der Waals surface area (Å²) in [6, 6.07) is 3.48. The van der Waals surface area contributed by atoms with E-state index < -0.39 is 11.6 Å². The summed E-state index contributed by atoms with van der Waals surface area (Å²) in [6.45, 7) is 4.79. The van der Waals surface area contributed by atoms with E-state index in [-0.39, 0.29) is 6.04 Å². The van der Waals surface area contributed by atoms with E-state index in [4.69, 9.17) is 0 Å². The van der Waals surface area contributed by atoms with E-state index in [0.717, 1.165) is 25.1 Å². The number of hydrogen-bond acceptors (Lipinski definition) is 4. The van der Waals surface area contributed by atoms with Crippen molar-refractivity contribution >= 4 is 0 Å². The predicted octanol–water partition coefficient (Wildman–Crippen LogP) is 2.00. The Bertz CT molecular complexity index is 555. The number of nitrogens with zero attached hydrogens (tertiary/aromatic N) is 4. The quantitative estimate of drug-likeness (QED) is 0.900. The fourth-order valence-corrected chi connectivity index (χ4v) is 1.72. The van der Waals surface area contributed by atoms with Crippen molar-refractivity contribution in [1.82, 2.24) is 25.5 Å². The number of rotatable bonds is 5. The Labute approximate surface area is 109 Å². The maximum Gasteiger partial charge on any atom is 0.173 e. The van der Waals surface area contributed by atoms with Crippen LogP contribution in [0.2, 0.25) is 0 Å². The van der Waals surface area contributed by atoms with Gasteiger partial charge in [0.1, 0.15) is 0 Å². The monoisotopic (exact) mass is 267 g/mol. The van der Waals surface area contributed by atoms with E-state index in [1.54, 1.807) is 0 Å². The van der Waals surface area contributed by atoms with Crippen LogP contribution in [0.15, 0.2) is 18.2 Å². The lowest BCUT2D eigenvalue weighted by Gasteiger charge is -2.12. The average molecular weight is 267 g/mol. The van der Waals surface area contributed by atoms with Gasteiger partial charge in [-0.3, -0.25) is 0 Å². The molecule has 1 unspecified atom stereocenters. The Kier molecular flexibility index (Phi) is 4.16. The van der Waals surface area contributed by atoms with E-state index in [9.17, 15) is 8.78 Å². The van der Waals surface area contributed by atoms with Gasteiger partial charge in [0.15, 0.2) is 17.5 Å². The average Bonchev–Trinajstić information content (AvgIpc) is 2.88. The zero-order chi connectivity index (χ0) is 13.8. The van der Waals surface area contributed by atoms with Crippen LogP contribution < -0.4 is 5.32 Å². The van der Waals surface area contributed by atoms with Gasteiger partial charge in [0.05, 0.1) is 11.7 Å². The van der Waals surface area contributed by atoms with Gasteiger partial charge >= 0.3 is 0 Å². The summed E-state index contributed by atoms with van der Waals surface area (Å²) in [7, 11) is 0. The van der Waals surface area contributed by atoms with Crippen molar-refractivity contribution in [3.05, 3.63) is 35.7 Å². The van der Waals surface area contributed by atoms with E-state index in [1.165, 1.54) is 10.7 Å². The molecule has 0 bridgehead atoms. The van der Waals surface area contributed by atoms with Gasteiger partial charge < -0.3 is 5.32 Å². The first-order chi connectivity index (χ1) is 9.13. The first-order valence-electron chi connectivity index (χ1n) is 6.10. The number of aromatic nitrogens is 4. The molecule has 0 saturated carbocycles. The van der Waals surface area contributed by atoms with Gasteiger partial charge in [-0.15, -0.1) is 5.10 Å². The van der Waals surface area contributed by atoms with Crippen LogP contribution in [0.3, 0.4) is 0 Å². The molecule has 1 aromatic carbocycles. The minimum absolute atomic E-state index is 0.0805. The Morgan fingerprint density at radius 1 is 1.32 bits per heavy atom. The van der Waals surface area contributed by atoms with E-state index in [0.29, 0.717) is 11.5 Å². The molecule has 0 radical (unpaired) electrons. The zero-order valence-electron chi connectivity index (χ0n) is 10.8. The SMILES string of the molecule is CCCNC(C)c1nnnn1-c1ccc(F)c(F)c1. The van der Waals surface area contributed by atoms with Crippen LogP contribution in [0, 0.1) is 11.6 Å². The lowest BCUT2D eigenvalue weighted by molar-refractivity contribution is 0.504. The van der Waals surface area contributed by atoms with Crippen molar-refractivity contribution in [3.8, 4) is 5.69 Å². The molecule has 1 aromatic heterocycles. The molecular formula is C12H15F2N5. The molecule has 0 aliphatic rings. The van der Waals surface area contributed by atoms with Crippen molar-refractivity contribution in [2.24, 2.45) is 0 Å². The highest BCUT2D eigenvalue weighted by Crippen LogP contribution is 2.16. The molecule has 0 aliphatic heterocycles. The number of hydrogen-bond donors (Lipinski definition) is 1. The molecule has 1 heterocycles. The maximum atomic E-state index is 13.2. The smallest absolute Gasteiger partial charge is 0.173 e. The van der Waals surface area contributed by atoms with Crippen molar-refractivity contribution in [2.75, 3.05) is 6.54 Å². The number of tetrazole rings is 1. The van der Waals surface area contributed by atoms with Crippen molar-refractivity contribution in [1.29, 1.82) is 0 Å². The van der Waals surface area contributed by atoms with Crippen LogP contribution in [0.1, 0.15) is 32.1 Å². The first kappa shape index (κ1) is 13.5. The Hall–Kier alpha value is -1.89. The lowest BCUT2D eigenvalue weighted by atomic mass is 10.2. The molecule has 102 valence electrons. The van der Waals surface area contributed by atoms with Crippen LogP contribution in [0.5, 0.6) is 0 Å². The predicted molar refractivity (Wildman–Crippen MR) is 65.8 cm³/mol. The van der Waals surface area contributed by atoms with E-state index in [2.05, 4.69) is 27.8 Å². The summed E-state index contributed by atoms with van der Waals surface area (Å²) in [4.78, 5) is 0. The molecule has 0 aliphatic carbocycles. The van der Waals surface area contributed by atoms with Crippen LogP contribution in [0.25, 0.3) is 5.69 Å². The Balaban J connectivity index is 2.30. The molecule has 0 amide bonds. The van der Waals surface area contributed by atoms with E-state index in [1.807, 2.05) is 6.92 Å². The van der Waals surface area contributed by atoms with Gasteiger partial charge in [-0.1, -0.05) is 6.92 Å². The molecule has 1 N–H and O–H groups in total. The van der Waals surface area contributed by atoms with Crippen LogP contribution in [0.4, 0.5) is 8.78 Å². The van der Waals surface area contributed by atoms with Crippen molar-refractivity contribution in [2.45, 2.75) is 26.3 Å². The van der Waals surface area contributed by atoms with Gasteiger partial charge in [0.2, 0.25) is 0 Å². The topological polar surface area (TPSA) is 55.6 Å². The molecule has 0 fully saturated rings. The highest BCUT2D eigenvalue weighted by molar-refractivity contribution is 5.32. The second-order valence-electron chi connectivity index (χ2n) is 4.22. The normalized spacial score (nSPS) is 12.6.